The summed E-state index contributed by atoms with van der Waals surface area (Å²) in [6, 6.07) is 1.45. The second-order valence-electron chi connectivity index (χ2n) is 3.79. The molecule has 0 fully saturated rings. The van der Waals surface area contributed by atoms with Gasteiger partial charge in [0, 0.05) is 24.2 Å². The van der Waals surface area contributed by atoms with Crippen molar-refractivity contribution in [2.45, 2.75) is 26.9 Å². The molecule has 0 radical (unpaired) electrons. The van der Waals surface area contributed by atoms with Crippen molar-refractivity contribution < 1.29 is 0 Å². The van der Waals surface area contributed by atoms with E-state index in [9.17, 15) is 9.59 Å². The molecule has 8 nitrogen and oxygen atoms in total. The summed E-state index contributed by atoms with van der Waals surface area (Å²) in [4.78, 5) is 31.1. The van der Waals surface area contributed by atoms with E-state index < -0.39 is 11.2 Å². The fourth-order valence-electron chi connectivity index (χ4n) is 2.00. The van der Waals surface area contributed by atoms with Crippen molar-refractivity contribution in [1.29, 1.82) is 0 Å². The third kappa shape index (κ3) is 1.88. The molecule has 0 aromatic carbocycles. The third-order valence-corrected chi connectivity index (χ3v) is 2.87. The predicted molar refractivity (Wildman–Crippen MR) is 70.4 cm³/mol. The number of pyridine rings is 1. The molecule has 98 valence electrons. The molecule has 0 unspecified atom stereocenters. The largest absolute Gasteiger partial charge is 0.332 e. The molecule has 2 heterocycles. The van der Waals surface area contributed by atoms with Gasteiger partial charge in [0.05, 0.1) is 11.1 Å². The smallest absolute Gasteiger partial charge is 0.278 e. The highest BCUT2D eigenvalue weighted by Crippen LogP contribution is 2.20. The fraction of sp³-hybridized carbons (Fsp3) is 0.364. The van der Waals surface area contributed by atoms with Gasteiger partial charge in [-0.15, -0.1) is 0 Å². The Morgan fingerprint density at radius 2 is 2.00 bits per heavy atom. The highest BCUT2D eigenvalue weighted by atomic mass is 16.2. The van der Waals surface area contributed by atoms with Crippen LogP contribution in [-0.2, 0) is 13.1 Å². The molecule has 0 saturated heterocycles. The van der Waals surface area contributed by atoms with Gasteiger partial charge in [-0.3, -0.25) is 13.9 Å². The van der Waals surface area contributed by atoms with Crippen LogP contribution < -0.4 is 11.2 Å². The molecule has 8 heteroatoms. The lowest BCUT2D eigenvalue weighted by Gasteiger charge is -2.11. The molecule has 2 aromatic rings. The molecule has 0 aliphatic rings. The van der Waals surface area contributed by atoms with Gasteiger partial charge in [0.25, 0.3) is 5.56 Å². The van der Waals surface area contributed by atoms with Crippen LogP contribution >= 0.6 is 0 Å². The minimum absolute atomic E-state index is 0.170. The Kier molecular flexibility index (Phi) is 3.35. The van der Waals surface area contributed by atoms with Gasteiger partial charge in [0.1, 0.15) is 5.65 Å². The molecule has 2 aromatic heterocycles. The summed E-state index contributed by atoms with van der Waals surface area (Å²) in [5.41, 5.74) is 8.07. The molecule has 0 spiro atoms. The van der Waals surface area contributed by atoms with Crippen LogP contribution in [0.2, 0.25) is 0 Å². The topological polar surface area (TPSA) is 106 Å². The third-order valence-electron chi connectivity index (χ3n) is 2.87. The summed E-state index contributed by atoms with van der Waals surface area (Å²) in [6.45, 7) is 4.12. The normalized spacial score (nSPS) is 10.4. The predicted octanol–water partition coefficient (Wildman–Crippen LogP) is 1.54. The maximum absolute atomic E-state index is 12.3. The van der Waals surface area contributed by atoms with Crippen LogP contribution in [-0.4, -0.2) is 14.1 Å². The first-order valence-corrected chi connectivity index (χ1v) is 5.83. The highest BCUT2D eigenvalue weighted by Gasteiger charge is 2.14. The van der Waals surface area contributed by atoms with Gasteiger partial charge in [-0.25, -0.2) is 9.78 Å². The second kappa shape index (κ2) is 4.95. The van der Waals surface area contributed by atoms with Gasteiger partial charge in [-0.1, -0.05) is 5.11 Å². The number of nitrogens with zero attached hydrogens (tertiary/aromatic N) is 6. The Bertz CT molecular complexity index is 797. The van der Waals surface area contributed by atoms with Crippen LogP contribution in [0.1, 0.15) is 13.8 Å². The van der Waals surface area contributed by atoms with Crippen molar-refractivity contribution in [2.24, 2.45) is 5.11 Å². The number of hydrogen-bond donors (Lipinski definition) is 0. The molecule has 19 heavy (non-hydrogen) atoms. The molecule has 0 N–H and O–H groups in total. The van der Waals surface area contributed by atoms with Crippen molar-refractivity contribution in [3.8, 4) is 0 Å². The lowest BCUT2D eigenvalue weighted by atomic mass is 10.3. The first kappa shape index (κ1) is 12.8. The van der Waals surface area contributed by atoms with Crippen molar-refractivity contribution in [1.82, 2.24) is 14.1 Å². The summed E-state index contributed by atoms with van der Waals surface area (Å²) in [5, 5.41) is 3.66. The van der Waals surface area contributed by atoms with Gasteiger partial charge in [0.15, 0.2) is 0 Å². The lowest BCUT2D eigenvalue weighted by molar-refractivity contribution is 0.605. The Hall–Kier alpha value is -2.60. The van der Waals surface area contributed by atoms with E-state index in [4.69, 9.17) is 5.53 Å². The molecule has 0 bridgehead atoms. The SMILES string of the molecule is CCn1c(=O)c2c(N=[N+]=[N-])ccnc2n(CC)c1=O. The number of fused-ring (bicyclic) bond motifs is 1. The summed E-state index contributed by atoms with van der Waals surface area (Å²) >= 11 is 0. The zero-order valence-corrected chi connectivity index (χ0v) is 10.6. The van der Waals surface area contributed by atoms with Gasteiger partial charge in [-0.2, -0.15) is 0 Å². The quantitative estimate of drug-likeness (QED) is 0.474. The van der Waals surface area contributed by atoms with Crippen molar-refractivity contribution >= 4 is 16.7 Å². The zero-order valence-electron chi connectivity index (χ0n) is 10.6. The van der Waals surface area contributed by atoms with Crippen molar-refractivity contribution in [3.63, 3.8) is 0 Å². The van der Waals surface area contributed by atoms with Crippen molar-refractivity contribution in [2.75, 3.05) is 0 Å². The average molecular weight is 260 g/mol. The van der Waals surface area contributed by atoms with Crippen LogP contribution in [0.15, 0.2) is 27.0 Å². The summed E-state index contributed by atoms with van der Waals surface area (Å²) < 4.78 is 2.49. The minimum Gasteiger partial charge on any atom is -0.278 e. The zero-order chi connectivity index (χ0) is 14.0. The monoisotopic (exact) mass is 260 g/mol. The van der Waals surface area contributed by atoms with Crippen LogP contribution in [0.5, 0.6) is 0 Å². The first-order chi connectivity index (χ1) is 9.15. The molecule has 2 rings (SSSR count). The number of hydrogen-bond acceptors (Lipinski definition) is 4. The Morgan fingerprint density at radius 3 is 2.58 bits per heavy atom. The Labute approximate surface area is 107 Å². The maximum atomic E-state index is 12.3. The van der Waals surface area contributed by atoms with Gasteiger partial charge in [0.2, 0.25) is 0 Å². The van der Waals surface area contributed by atoms with E-state index in [2.05, 4.69) is 15.0 Å². The van der Waals surface area contributed by atoms with E-state index in [1.807, 2.05) is 0 Å². The van der Waals surface area contributed by atoms with Crippen molar-refractivity contribution in [3.05, 3.63) is 43.5 Å². The summed E-state index contributed by atoms with van der Waals surface area (Å²) in [5.74, 6) is 0. The first-order valence-electron chi connectivity index (χ1n) is 5.83. The number of aromatic nitrogens is 3. The molecule has 0 saturated carbocycles. The van der Waals surface area contributed by atoms with Crippen LogP contribution in [0.25, 0.3) is 21.5 Å². The number of aryl methyl sites for hydroxylation is 1. The summed E-state index contributed by atoms with van der Waals surface area (Å²) in [7, 11) is 0. The molecular formula is C11H12N6O2. The van der Waals surface area contributed by atoms with E-state index in [-0.39, 0.29) is 23.3 Å². The average Bonchev–Trinajstić information content (AvgIpc) is 2.40. The Morgan fingerprint density at radius 1 is 1.32 bits per heavy atom. The Balaban J connectivity index is 3.13. The standard InChI is InChI=1S/C11H12N6O2/c1-3-16-9-8(7(14-15-12)5-6-13-9)10(18)17(4-2)11(16)19/h5-6H,3-4H2,1-2H3. The van der Waals surface area contributed by atoms with Crippen LogP contribution in [0, 0.1) is 0 Å². The minimum atomic E-state index is -0.484. The molecular weight excluding hydrogens is 248 g/mol. The second-order valence-corrected chi connectivity index (χ2v) is 3.79. The van der Waals surface area contributed by atoms with E-state index in [1.165, 1.54) is 16.8 Å². The highest BCUT2D eigenvalue weighted by molar-refractivity contribution is 5.86. The van der Waals surface area contributed by atoms with E-state index in [1.54, 1.807) is 13.8 Å². The molecule has 0 aliphatic carbocycles. The number of azide groups is 1. The molecule has 0 atom stereocenters. The van der Waals surface area contributed by atoms with E-state index in [0.29, 0.717) is 6.54 Å². The van der Waals surface area contributed by atoms with E-state index >= 15 is 0 Å². The van der Waals surface area contributed by atoms with Gasteiger partial charge < -0.3 is 0 Å². The number of rotatable bonds is 3. The lowest BCUT2D eigenvalue weighted by Crippen LogP contribution is -2.39. The van der Waals surface area contributed by atoms with Gasteiger partial charge >= 0.3 is 5.69 Å². The maximum Gasteiger partial charge on any atom is 0.332 e. The van der Waals surface area contributed by atoms with Gasteiger partial charge in [-0.05, 0) is 25.4 Å². The summed E-state index contributed by atoms with van der Waals surface area (Å²) in [6.07, 6.45) is 1.41. The fourth-order valence-corrected chi connectivity index (χ4v) is 2.00. The molecule has 0 amide bonds. The van der Waals surface area contributed by atoms with E-state index in [0.717, 1.165) is 4.57 Å². The van der Waals surface area contributed by atoms with Crippen LogP contribution in [0.4, 0.5) is 5.69 Å². The van der Waals surface area contributed by atoms with Crippen LogP contribution in [0.3, 0.4) is 0 Å². The molecule has 0 aliphatic heterocycles.